The number of rotatable bonds is 7. The minimum atomic E-state index is -0.992. The Morgan fingerprint density at radius 3 is 2.12 bits per heavy atom. The summed E-state index contributed by atoms with van der Waals surface area (Å²) in [5.41, 5.74) is 2.87. The molecule has 3 aromatic rings. The topological polar surface area (TPSA) is 154 Å². The van der Waals surface area contributed by atoms with Gasteiger partial charge in [-0.05, 0) is 48.9 Å². The number of benzene rings is 3. The third-order valence-electron chi connectivity index (χ3n) is 4.31. The van der Waals surface area contributed by atoms with Crippen LogP contribution in [-0.4, -0.2) is 27.9 Å². The average molecular weight is 448 g/mol. The van der Waals surface area contributed by atoms with Gasteiger partial charge in [-0.1, -0.05) is 17.7 Å². The summed E-state index contributed by atoms with van der Waals surface area (Å²) in [5.74, 6) is -1.25. The molecular formula is C22H16N4O7. The van der Waals surface area contributed by atoms with Crippen molar-refractivity contribution < 1.29 is 24.2 Å². The molecule has 0 saturated carbocycles. The van der Waals surface area contributed by atoms with Crippen molar-refractivity contribution in [3.8, 4) is 5.75 Å². The molecule has 0 spiro atoms. The number of amides is 1. The molecule has 0 atom stereocenters. The third kappa shape index (κ3) is 6.04. The van der Waals surface area contributed by atoms with E-state index in [0.29, 0.717) is 11.1 Å². The fourth-order valence-corrected chi connectivity index (χ4v) is 2.73. The number of esters is 1. The number of carbonyl (C=O) groups excluding carboxylic acids is 2. The monoisotopic (exact) mass is 448 g/mol. The fourth-order valence-electron chi connectivity index (χ4n) is 2.73. The first-order valence-corrected chi connectivity index (χ1v) is 9.39. The maximum Gasteiger partial charge on any atom is 0.344 e. The van der Waals surface area contributed by atoms with Crippen molar-refractivity contribution in [1.29, 1.82) is 0 Å². The molecule has 0 unspecified atom stereocenters. The summed E-state index contributed by atoms with van der Waals surface area (Å²) in [5, 5.41) is 25.8. The lowest BCUT2D eigenvalue weighted by Gasteiger charge is -2.05. The van der Waals surface area contributed by atoms with Gasteiger partial charge in [0, 0.05) is 17.7 Å². The second kappa shape index (κ2) is 9.92. The van der Waals surface area contributed by atoms with Crippen LogP contribution >= 0.6 is 0 Å². The summed E-state index contributed by atoms with van der Waals surface area (Å²) in [6.45, 7) is 1.87. The van der Waals surface area contributed by atoms with Crippen LogP contribution in [-0.2, 0) is 0 Å². The SMILES string of the molecule is Cc1cccc(C(=O)N/N=C\c2ccc(OC(=O)c3cc([N+](=O)[O-])cc([N+](=O)[O-])c3)cc2)c1. The van der Waals surface area contributed by atoms with Crippen LogP contribution in [0.2, 0.25) is 0 Å². The molecule has 0 heterocycles. The van der Waals surface area contributed by atoms with Gasteiger partial charge in [0.05, 0.1) is 27.7 Å². The van der Waals surface area contributed by atoms with Gasteiger partial charge in [-0.3, -0.25) is 25.0 Å². The Morgan fingerprint density at radius 2 is 1.55 bits per heavy atom. The highest BCUT2D eigenvalue weighted by molar-refractivity contribution is 5.95. The van der Waals surface area contributed by atoms with E-state index in [0.717, 1.165) is 23.8 Å². The number of ether oxygens (including phenoxy) is 1. The lowest BCUT2D eigenvalue weighted by atomic mass is 10.1. The highest BCUT2D eigenvalue weighted by Gasteiger charge is 2.21. The molecule has 0 fully saturated rings. The van der Waals surface area contributed by atoms with Crippen molar-refractivity contribution in [3.63, 3.8) is 0 Å². The largest absolute Gasteiger partial charge is 0.423 e. The Kier molecular flexibility index (Phi) is 6.84. The van der Waals surface area contributed by atoms with Gasteiger partial charge in [-0.15, -0.1) is 0 Å². The zero-order chi connectivity index (χ0) is 24.0. The molecular weight excluding hydrogens is 432 g/mol. The number of nitrogens with zero attached hydrogens (tertiary/aromatic N) is 3. The summed E-state index contributed by atoms with van der Waals surface area (Å²) in [6.07, 6.45) is 1.39. The fraction of sp³-hybridized carbons (Fsp3) is 0.0455. The number of non-ortho nitro benzene ring substituents is 2. The molecule has 3 rings (SSSR count). The average Bonchev–Trinajstić information content (AvgIpc) is 2.79. The van der Waals surface area contributed by atoms with Gasteiger partial charge in [0.15, 0.2) is 0 Å². The van der Waals surface area contributed by atoms with Crippen LogP contribution in [0.15, 0.2) is 71.8 Å². The number of aryl methyl sites for hydroxylation is 1. The van der Waals surface area contributed by atoms with Crippen LogP contribution in [0.25, 0.3) is 0 Å². The van der Waals surface area contributed by atoms with Gasteiger partial charge >= 0.3 is 5.97 Å². The van der Waals surface area contributed by atoms with E-state index in [1.165, 1.54) is 18.3 Å². The van der Waals surface area contributed by atoms with E-state index in [2.05, 4.69) is 10.5 Å². The van der Waals surface area contributed by atoms with Crippen molar-refractivity contribution in [1.82, 2.24) is 5.43 Å². The highest BCUT2D eigenvalue weighted by Crippen LogP contribution is 2.24. The Hall–Kier alpha value is -4.93. The zero-order valence-corrected chi connectivity index (χ0v) is 17.1. The Bertz CT molecular complexity index is 1240. The van der Waals surface area contributed by atoms with Crippen LogP contribution < -0.4 is 10.2 Å². The van der Waals surface area contributed by atoms with Gasteiger partial charge < -0.3 is 4.74 Å². The van der Waals surface area contributed by atoms with Crippen molar-refractivity contribution in [3.05, 3.63) is 109 Å². The van der Waals surface area contributed by atoms with Crippen molar-refractivity contribution in [2.75, 3.05) is 0 Å². The standard InChI is InChI=1S/C22H16N4O7/c1-14-3-2-4-16(9-14)21(27)24-23-13-15-5-7-20(8-6-15)33-22(28)17-10-18(25(29)30)12-19(11-17)26(31)32/h2-13H,1H3,(H,24,27)/b23-13-. The molecule has 1 amide bonds. The van der Waals surface area contributed by atoms with Crippen LogP contribution in [0.5, 0.6) is 5.75 Å². The number of carbonyl (C=O) groups is 2. The summed E-state index contributed by atoms with van der Waals surface area (Å²) >= 11 is 0. The number of nitro benzene ring substituents is 2. The molecule has 0 saturated heterocycles. The van der Waals surface area contributed by atoms with Crippen molar-refractivity contribution >= 4 is 29.5 Å². The minimum Gasteiger partial charge on any atom is -0.423 e. The van der Waals surface area contributed by atoms with Crippen LogP contribution in [0.4, 0.5) is 11.4 Å². The molecule has 0 aromatic heterocycles. The van der Waals surface area contributed by atoms with Crippen LogP contribution in [0.3, 0.4) is 0 Å². The second-order valence-corrected chi connectivity index (χ2v) is 6.78. The van der Waals surface area contributed by atoms with Gasteiger partial charge in [0.1, 0.15) is 5.75 Å². The highest BCUT2D eigenvalue weighted by atomic mass is 16.6. The second-order valence-electron chi connectivity index (χ2n) is 6.78. The number of hydrogen-bond acceptors (Lipinski definition) is 8. The molecule has 0 radical (unpaired) electrons. The van der Waals surface area contributed by atoms with Gasteiger partial charge in [-0.2, -0.15) is 5.10 Å². The molecule has 166 valence electrons. The van der Waals surface area contributed by atoms with E-state index >= 15 is 0 Å². The van der Waals surface area contributed by atoms with E-state index < -0.39 is 27.2 Å². The molecule has 1 N–H and O–H groups in total. The maximum absolute atomic E-state index is 12.3. The predicted octanol–water partition coefficient (Wildman–Crippen LogP) is 3.79. The first-order chi connectivity index (χ1) is 15.7. The number of nitrogens with one attached hydrogen (secondary N) is 1. The first-order valence-electron chi connectivity index (χ1n) is 9.39. The van der Waals surface area contributed by atoms with Crippen LogP contribution in [0, 0.1) is 27.2 Å². The molecule has 11 heteroatoms. The molecule has 0 bridgehead atoms. The van der Waals surface area contributed by atoms with Gasteiger partial charge in [0.25, 0.3) is 17.3 Å². The quantitative estimate of drug-likeness (QED) is 0.190. The summed E-state index contributed by atoms with van der Waals surface area (Å²) in [4.78, 5) is 44.6. The smallest absolute Gasteiger partial charge is 0.344 e. The Labute approximate surface area is 186 Å². The van der Waals surface area contributed by atoms with E-state index in [1.807, 2.05) is 13.0 Å². The Balaban J connectivity index is 1.65. The van der Waals surface area contributed by atoms with E-state index in [9.17, 15) is 29.8 Å². The maximum atomic E-state index is 12.3. The molecule has 0 aliphatic carbocycles. The summed E-state index contributed by atoms with van der Waals surface area (Å²) < 4.78 is 5.14. The summed E-state index contributed by atoms with van der Waals surface area (Å²) in [6, 6.07) is 15.6. The number of hydrogen-bond donors (Lipinski definition) is 1. The molecule has 0 aliphatic rings. The van der Waals surface area contributed by atoms with Crippen molar-refractivity contribution in [2.45, 2.75) is 6.92 Å². The number of hydrazone groups is 1. The predicted molar refractivity (Wildman–Crippen MR) is 117 cm³/mol. The van der Waals surface area contributed by atoms with Gasteiger partial charge in [-0.25, -0.2) is 10.2 Å². The van der Waals surface area contributed by atoms with E-state index in [4.69, 9.17) is 4.74 Å². The van der Waals surface area contributed by atoms with E-state index in [-0.39, 0.29) is 17.2 Å². The zero-order valence-electron chi connectivity index (χ0n) is 17.1. The minimum absolute atomic E-state index is 0.107. The first kappa shape index (κ1) is 22.7. The lowest BCUT2D eigenvalue weighted by Crippen LogP contribution is -2.17. The lowest BCUT2D eigenvalue weighted by molar-refractivity contribution is -0.394. The molecule has 11 nitrogen and oxygen atoms in total. The van der Waals surface area contributed by atoms with Crippen LogP contribution in [0.1, 0.15) is 31.8 Å². The normalized spacial score (nSPS) is 10.6. The van der Waals surface area contributed by atoms with Crippen molar-refractivity contribution in [2.24, 2.45) is 5.10 Å². The number of nitro groups is 2. The van der Waals surface area contributed by atoms with E-state index in [1.54, 1.807) is 30.3 Å². The molecule has 0 aliphatic heterocycles. The Morgan fingerprint density at radius 1 is 0.909 bits per heavy atom. The third-order valence-corrected chi connectivity index (χ3v) is 4.31. The summed E-state index contributed by atoms with van der Waals surface area (Å²) in [7, 11) is 0. The van der Waals surface area contributed by atoms with Gasteiger partial charge in [0.2, 0.25) is 0 Å². The molecule has 33 heavy (non-hydrogen) atoms. The molecule has 3 aromatic carbocycles.